The molecule has 0 aliphatic carbocycles. The van der Waals surface area contributed by atoms with Gasteiger partial charge in [0, 0.05) is 5.69 Å². The summed E-state index contributed by atoms with van der Waals surface area (Å²) in [6.45, 7) is 1.59. The molecule has 0 atom stereocenters. The maximum absolute atomic E-state index is 12.7. The van der Waals surface area contributed by atoms with Crippen LogP contribution < -0.4 is 16.8 Å². The fourth-order valence-electron chi connectivity index (χ4n) is 1.88. The summed E-state index contributed by atoms with van der Waals surface area (Å²) in [5, 5.41) is 11.8. The van der Waals surface area contributed by atoms with Gasteiger partial charge in [0.05, 0.1) is 16.8 Å². The molecule has 0 radical (unpaired) electrons. The molecule has 114 valence electrons. The standard InChI is InChI=1S/C14H12F3N5/c1-7-10(6-18)13(22-12(20)11(7)19)21-9-4-2-3-8(5-9)14(15,16)17/h2-5H,19H2,1H3,(H3,20,21,22). The highest BCUT2D eigenvalue weighted by molar-refractivity contribution is 5.75. The van der Waals surface area contributed by atoms with Gasteiger partial charge in [-0.25, -0.2) is 4.98 Å². The van der Waals surface area contributed by atoms with Gasteiger partial charge < -0.3 is 16.8 Å². The Hall–Kier alpha value is -2.95. The lowest BCUT2D eigenvalue weighted by Gasteiger charge is -2.14. The first-order valence-electron chi connectivity index (χ1n) is 6.14. The highest BCUT2D eigenvalue weighted by atomic mass is 19.4. The van der Waals surface area contributed by atoms with Crippen LogP contribution in [0.3, 0.4) is 0 Å². The van der Waals surface area contributed by atoms with Gasteiger partial charge in [-0.15, -0.1) is 0 Å². The largest absolute Gasteiger partial charge is 0.416 e. The topological polar surface area (TPSA) is 101 Å². The van der Waals surface area contributed by atoms with Crippen molar-refractivity contribution in [3.8, 4) is 6.07 Å². The molecule has 0 aliphatic heterocycles. The number of alkyl halides is 3. The Morgan fingerprint density at radius 1 is 1.27 bits per heavy atom. The van der Waals surface area contributed by atoms with Crippen molar-refractivity contribution in [2.24, 2.45) is 0 Å². The lowest BCUT2D eigenvalue weighted by atomic mass is 10.1. The van der Waals surface area contributed by atoms with Crippen LogP contribution in [0.25, 0.3) is 0 Å². The van der Waals surface area contributed by atoms with Crippen molar-refractivity contribution in [1.29, 1.82) is 5.26 Å². The van der Waals surface area contributed by atoms with Gasteiger partial charge in [-0.1, -0.05) is 6.07 Å². The maximum Gasteiger partial charge on any atom is 0.416 e. The molecule has 22 heavy (non-hydrogen) atoms. The Bertz CT molecular complexity index is 762. The van der Waals surface area contributed by atoms with Crippen LogP contribution >= 0.6 is 0 Å². The van der Waals surface area contributed by atoms with Gasteiger partial charge in [0.25, 0.3) is 0 Å². The van der Waals surface area contributed by atoms with Crippen molar-refractivity contribution in [3.05, 3.63) is 41.0 Å². The molecule has 0 saturated heterocycles. The van der Waals surface area contributed by atoms with E-state index in [4.69, 9.17) is 11.5 Å². The van der Waals surface area contributed by atoms with Crippen LogP contribution in [-0.4, -0.2) is 4.98 Å². The molecular formula is C14H12F3N5. The second-order valence-electron chi connectivity index (χ2n) is 4.57. The molecule has 5 N–H and O–H groups in total. The number of aromatic nitrogens is 1. The van der Waals surface area contributed by atoms with E-state index in [2.05, 4.69) is 10.3 Å². The monoisotopic (exact) mass is 307 g/mol. The zero-order valence-corrected chi connectivity index (χ0v) is 11.5. The van der Waals surface area contributed by atoms with Crippen LogP contribution in [0.5, 0.6) is 0 Å². The minimum atomic E-state index is -4.46. The summed E-state index contributed by atoms with van der Waals surface area (Å²) in [6, 6.07) is 6.47. The van der Waals surface area contributed by atoms with Crippen LogP contribution in [0.1, 0.15) is 16.7 Å². The van der Waals surface area contributed by atoms with Gasteiger partial charge in [-0.2, -0.15) is 18.4 Å². The van der Waals surface area contributed by atoms with E-state index in [1.54, 1.807) is 6.92 Å². The van der Waals surface area contributed by atoms with E-state index in [9.17, 15) is 18.4 Å². The molecule has 0 fully saturated rings. The number of rotatable bonds is 2. The number of nitriles is 1. The van der Waals surface area contributed by atoms with E-state index in [0.29, 0.717) is 5.56 Å². The van der Waals surface area contributed by atoms with Crippen molar-refractivity contribution in [2.75, 3.05) is 16.8 Å². The number of nitrogens with one attached hydrogen (secondary N) is 1. The van der Waals surface area contributed by atoms with Gasteiger partial charge in [0.1, 0.15) is 11.9 Å². The van der Waals surface area contributed by atoms with Crippen molar-refractivity contribution >= 4 is 23.0 Å². The molecule has 8 heteroatoms. The smallest absolute Gasteiger partial charge is 0.395 e. The molecule has 2 aromatic rings. The number of pyridine rings is 1. The lowest BCUT2D eigenvalue weighted by Crippen LogP contribution is -2.08. The van der Waals surface area contributed by atoms with Gasteiger partial charge in [-0.3, -0.25) is 0 Å². The first-order valence-corrected chi connectivity index (χ1v) is 6.14. The van der Waals surface area contributed by atoms with E-state index < -0.39 is 11.7 Å². The molecule has 0 spiro atoms. The minimum Gasteiger partial charge on any atom is -0.395 e. The number of nitrogens with zero attached hydrogens (tertiary/aromatic N) is 2. The number of halogens is 3. The quantitative estimate of drug-likeness (QED) is 0.791. The maximum atomic E-state index is 12.7. The summed E-state index contributed by atoms with van der Waals surface area (Å²) in [4.78, 5) is 3.93. The summed E-state index contributed by atoms with van der Waals surface area (Å²) < 4.78 is 38.1. The van der Waals surface area contributed by atoms with Crippen LogP contribution in [0.2, 0.25) is 0 Å². The molecule has 1 aromatic carbocycles. The number of hydrogen-bond acceptors (Lipinski definition) is 5. The van der Waals surface area contributed by atoms with E-state index in [1.165, 1.54) is 12.1 Å². The predicted molar refractivity (Wildman–Crippen MR) is 77.2 cm³/mol. The number of hydrogen-bond donors (Lipinski definition) is 3. The first kappa shape index (κ1) is 15.4. The van der Waals surface area contributed by atoms with Gasteiger partial charge >= 0.3 is 6.18 Å². The van der Waals surface area contributed by atoms with Gasteiger partial charge in [0.2, 0.25) is 0 Å². The average Bonchev–Trinajstić information content (AvgIpc) is 2.45. The molecule has 5 nitrogen and oxygen atoms in total. The SMILES string of the molecule is Cc1c(N)c(N)nc(Nc2cccc(C(F)(F)F)c2)c1C#N. The summed E-state index contributed by atoms with van der Waals surface area (Å²) >= 11 is 0. The molecule has 0 aliphatic rings. The molecule has 2 rings (SSSR count). The molecule has 1 aromatic heterocycles. The summed E-state index contributed by atoms with van der Waals surface area (Å²) in [7, 11) is 0. The minimum absolute atomic E-state index is 0.00553. The van der Waals surface area contributed by atoms with E-state index in [1.807, 2.05) is 6.07 Å². The third kappa shape index (κ3) is 2.88. The van der Waals surface area contributed by atoms with E-state index >= 15 is 0 Å². The number of anilines is 4. The third-order valence-corrected chi connectivity index (χ3v) is 3.09. The Labute approximate surface area is 124 Å². The Kier molecular flexibility index (Phi) is 3.82. The molecule has 0 bridgehead atoms. The Morgan fingerprint density at radius 2 is 1.95 bits per heavy atom. The summed E-state index contributed by atoms with van der Waals surface area (Å²) in [5.74, 6) is 0.0667. The zero-order valence-electron chi connectivity index (χ0n) is 11.5. The van der Waals surface area contributed by atoms with Crippen molar-refractivity contribution in [2.45, 2.75) is 13.1 Å². The van der Waals surface area contributed by atoms with Crippen LogP contribution in [-0.2, 0) is 6.18 Å². The number of benzene rings is 1. The van der Waals surface area contributed by atoms with E-state index in [-0.39, 0.29) is 28.6 Å². The zero-order chi connectivity index (χ0) is 16.5. The van der Waals surface area contributed by atoms with Gasteiger partial charge in [-0.05, 0) is 30.7 Å². The summed E-state index contributed by atoms with van der Waals surface area (Å²) in [6.07, 6.45) is -4.46. The fraction of sp³-hybridized carbons (Fsp3) is 0.143. The first-order chi connectivity index (χ1) is 10.2. The molecule has 0 amide bonds. The van der Waals surface area contributed by atoms with Gasteiger partial charge in [0.15, 0.2) is 5.82 Å². The van der Waals surface area contributed by atoms with Crippen LogP contribution in [0.4, 0.5) is 36.2 Å². The van der Waals surface area contributed by atoms with Crippen molar-refractivity contribution < 1.29 is 13.2 Å². The van der Waals surface area contributed by atoms with Crippen LogP contribution in [0.15, 0.2) is 24.3 Å². The number of nitrogen functional groups attached to an aromatic ring is 2. The van der Waals surface area contributed by atoms with Crippen molar-refractivity contribution in [3.63, 3.8) is 0 Å². The second-order valence-corrected chi connectivity index (χ2v) is 4.57. The highest BCUT2D eigenvalue weighted by Gasteiger charge is 2.30. The normalized spacial score (nSPS) is 11.0. The fourth-order valence-corrected chi connectivity index (χ4v) is 1.88. The molecule has 0 unspecified atom stereocenters. The Balaban J connectivity index is 2.47. The molecule has 1 heterocycles. The van der Waals surface area contributed by atoms with Crippen LogP contribution in [0, 0.1) is 18.3 Å². The average molecular weight is 307 g/mol. The highest BCUT2D eigenvalue weighted by Crippen LogP contribution is 2.33. The summed E-state index contributed by atoms with van der Waals surface area (Å²) in [5.41, 5.74) is 11.4. The molecule has 0 saturated carbocycles. The van der Waals surface area contributed by atoms with Crippen molar-refractivity contribution in [1.82, 2.24) is 4.98 Å². The third-order valence-electron chi connectivity index (χ3n) is 3.09. The predicted octanol–water partition coefficient (Wildman–Crippen LogP) is 3.19. The Morgan fingerprint density at radius 3 is 2.55 bits per heavy atom. The number of nitrogens with two attached hydrogens (primary N) is 2. The van der Waals surface area contributed by atoms with E-state index in [0.717, 1.165) is 12.1 Å². The lowest BCUT2D eigenvalue weighted by molar-refractivity contribution is -0.137. The molecular weight excluding hydrogens is 295 g/mol. The second kappa shape index (κ2) is 5.44.